The average molecular weight is 230 g/mol. The van der Waals surface area contributed by atoms with Crippen molar-refractivity contribution in [2.75, 3.05) is 6.61 Å². The van der Waals surface area contributed by atoms with Crippen LogP contribution in [-0.2, 0) is 6.42 Å². The molecule has 2 heteroatoms. The van der Waals surface area contributed by atoms with Crippen LogP contribution in [0.15, 0.2) is 30.4 Å². The first-order chi connectivity index (χ1) is 8.26. The number of benzene rings is 1. The normalized spacial score (nSPS) is 18.7. The van der Waals surface area contributed by atoms with E-state index in [1.165, 1.54) is 0 Å². The molecule has 1 aliphatic carbocycles. The molecule has 0 aromatic heterocycles. The molecule has 0 aliphatic heterocycles. The van der Waals surface area contributed by atoms with E-state index >= 15 is 0 Å². The van der Waals surface area contributed by atoms with Gasteiger partial charge in [0.1, 0.15) is 5.75 Å². The Balaban J connectivity index is 2.20. The zero-order valence-electron chi connectivity index (χ0n) is 10.4. The standard InChI is InChI=1S/C15H18O2/c1-3-5-6-12-9-11-7-8-13(17-4-2)10-14(11)15(12)16/h3,5,7-8,10,12H,4,6,9H2,1-2H3/t12-/m0/s1. The average Bonchev–Trinajstić information content (AvgIpc) is 2.64. The molecule has 0 amide bonds. The Morgan fingerprint density at radius 2 is 2.29 bits per heavy atom. The number of ketones is 1. The van der Waals surface area contributed by atoms with Crippen molar-refractivity contribution in [1.29, 1.82) is 0 Å². The number of rotatable bonds is 4. The van der Waals surface area contributed by atoms with Crippen LogP contribution < -0.4 is 4.74 Å². The molecule has 0 bridgehead atoms. The van der Waals surface area contributed by atoms with Crippen LogP contribution in [0, 0.1) is 5.92 Å². The molecule has 1 atom stereocenters. The molecule has 0 saturated carbocycles. The zero-order chi connectivity index (χ0) is 12.3. The van der Waals surface area contributed by atoms with Gasteiger partial charge in [-0.1, -0.05) is 18.2 Å². The van der Waals surface area contributed by atoms with Gasteiger partial charge in [0.2, 0.25) is 0 Å². The minimum atomic E-state index is 0.123. The van der Waals surface area contributed by atoms with Crippen LogP contribution in [0.25, 0.3) is 0 Å². The minimum Gasteiger partial charge on any atom is -0.494 e. The summed E-state index contributed by atoms with van der Waals surface area (Å²) < 4.78 is 5.43. The lowest BCUT2D eigenvalue weighted by Crippen LogP contribution is -2.07. The van der Waals surface area contributed by atoms with Crippen molar-refractivity contribution in [2.24, 2.45) is 5.92 Å². The van der Waals surface area contributed by atoms with E-state index in [-0.39, 0.29) is 11.7 Å². The zero-order valence-corrected chi connectivity index (χ0v) is 10.4. The summed E-state index contributed by atoms with van der Waals surface area (Å²) in [5.41, 5.74) is 2.01. The molecule has 1 aromatic rings. The molecule has 17 heavy (non-hydrogen) atoms. The fourth-order valence-electron chi connectivity index (χ4n) is 2.29. The molecule has 1 aliphatic rings. The van der Waals surface area contributed by atoms with E-state index in [0.29, 0.717) is 6.61 Å². The van der Waals surface area contributed by atoms with Gasteiger partial charge in [-0.25, -0.2) is 0 Å². The Morgan fingerprint density at radius 3 is 3.00 bits per heavy atom. The molecule has 0 fully saturated rings. The van der Waals surface area contributed by atoms with Crippen LogP contribution in [0.5, 0.6) is 5.75 Å². The SMILES string of the molecule is CC=CC[C@H]1Cc2ccc(OCC)cc2C1=O. The summed E-state index contributed by atoms with van der Waals surface area (Å²) in [6, 6.07) is 5.86. The summed E-state index contributed by atoms with van der Waals surface area (Å²) in [6.07, 6.45) is 5.78. The van der Waals surface area contributed by atoms with E-state index in [0.717, 1.165) is 29.7 Å². The molecule has 90 valence electrons. The predicted molar refractivity (Wildman–Crippen MR) is 68.6 cm³/mol. The highest BCUT2D eigenvalue weighted by Gasteiger charge is 2.29. The van der Waals surface area contributed by atoms with E-state index in [9.17, 15) is 4.79 Å². The lowest BCUT2D eigenvalue weighted by Gasteiger charge is -2.04. The maximum atomic E-state index is 12.2. The van der Waals surface area contributed by atoms with E-state index < -0.39 is 0 Å². The van der Waals surface area contributed by atoms with Gasteiger partial charge in [0.15, 0.2) is 5.78 Å². The van der Waals surface area contributed by atoms with Crippen molar-refractivity contribution in [3.05, 3.63) is 41.5 Å². The van der Waals surface area contributed by atoms with Gasteiger partial charge in [-0.15, -0.1) is 0 Å². The van der Waals surface area contributed by atoms with Gasteiger partial charge in [-0.2, -0.15) is 0 Å². The summed E-state index contributed by atoms with van der Waals surface area (Å²) in [7, 11) is 0. The maximum Gasteiger partial charge on any atom is 0.166 e. The van der Waals surface area contributed by atoms with Crippen LogP contribution in [0.1, 0.15) is 36.2 Å². The quantitative estimate of drug-likeness (QED) is 0.741. The molecular formula is C15H18O2. The topological polar surface area (TPSA) is 26.3 Å². The van der Waals surface area contributed by atoms with Crippen LogP contribution in [-0.4, -0.2) is 12.4 Å². The first-order valence-electron chi connectivity index (χ1n) is 6.17. The van der Waals surface area contributed by atoms with Gasteiger partial charge in [0.25, 0.3) is 0 Å². The summed E-state index contributed by atoms with van der Waals surface area (Å²) in [6.45, 7) is 4.57. The summed E-state index contributed by atoms with van der Waals surface area (Å²) in [5, 5.41) is 0. The Hall–Kier alpha value is -1.57. The number of Topliss-reactive ketones (excluding diaryl/α,β-unsaturated/α-hetero) is 1. The number of hydrogen-bond donors (Lipinski definition) is 0. The maximum absolute atomic E-state index is 12.2. The molecular weight excluding hydrogens is 212 g/mol. The van der Waals surface area contributed by atoms with Crippen molar-refractivity contribution < 1.29 is 9.53 Å². The van der Waals surface area contributed by atoms with Gasteiger partial charge in [-0.05, 0) is 44.4 Å². The molecule has 0 N–H and O–H groups in total. The molecule has 2 nitrogen and oxygen atoms in total. The highest BCUT2D eigenvalue weighted by atomic mass is 16.5. The van der Waals surface area contributed by atoms with E-state index in [2.05, 4.69) is 6.08 Å². The van der Waals surface area contributed by atoms with E-state index in [1.807, 2.05) is 38.1 Å². The van der Waals surface area contributed by atoms with Crippen molar-refractivity contribution in [2.45, 2.75) is 26.7 Å². The van der Waals surface area contributed by atoms with E-state index in [1.54, 1.807) is 0 Å². The number of carbonyl (C=O) groups excluding carboxylic acids is 1. The predicted octanol–water partition coefficient (Wildman–Crippen LogP) is 3.41. The second-order valence-electron chi connectivity index (χ2n) is 4.32. The Morgan fingerprint density at radius 1 is 1.47 bits per heavy atom. The second-order valence-corrected chi connectivity index (χ2v) is 4.32. The third-order valence-corrected chi connectivity index (χ3v) is 3.15. The molecule has 0 unspecified atom stereocenters. The monoisotopic (exact) mass is 230 g/mol. The van der Waals surface area contributed by atoms with Gasteiger partial charge in [0.05, 0.1) is 6.61 Å². The summed E-state index contributed by atoms with van der Waals surface area (Å²) in [5.74, 6) is 1.18. The Labute approximate surface area is 102 Å². The fourth-order valence-corrected chi connectivity index (χ4v) is 2.29. The highest BCUT2D eigenvalue weighted by molar-refractivity contribution is 6.02. The smallest absolute Gasteiger partial charge is 0.166 e. The molecule has 0 heterocycles. The van der Waals surface area contributed by atoms with Crippen LogP contribution in [0.4, 0.5) is 0 Å². The minimum absolute atomic E-state index is 0.123. The van der Waals surface area contributed by atoms with Crippen LogP contribution in [0.2, 0.25) is 0 Å². The van der Waals surface area contributed by atoms with Gasteiger partial charge in [-0.3, -0.25) is 4.79 Å². The van der Waals surface area contributed by atoms with Gasteiger partial charge < -0.3 is 4.74 Å². The van der Waals surface area contributed by atoms with Crippen molar-refractivity contribution in [3.63, 3.8) is 0 Å². The van der Waals surface area contributed by atoms with Crippen molar-refractivity contribution in [3.8, 4) is 5.75 Å². The fraction of sp³-hybridized carbons (Fsp3) is 0.400. The van der Waals surface area contributed by atoms with Crippen molar-refractivity contribution >= 4 is 5.78 Å². The van der Waals surface area contributed by atoms with Crippen LogP contribution in [0.3, 0.4) is 0 Å². The van der Waals surface area contributed by atoms with E-state index in [4.69, 9.17) is 4.74 Å². The van der Waals surface area contributed by atoms with Gasteiger partial charge >= 0.3 is 0 Å². The first-order valence-corrected chi connectivity index (χ1v) is 6.17. The molecule has 1 aromatic carbocycles. The number of ether oxygens (including phenoxy) is 1. The Kier molecular flexibility index (Phi) is 3.62. The van der Waals surface area contributed by atoms with Crippen LogP contribution >= 0.6 is 0 Å². The second kappa shape index (κ2) is 5.17. The third-order valence-electron chi connectivity index (χ3n) is 3.15. The summed E-state index contributed by atoms with van der Waals surface area (Å²) in [4.78, 5) is 12.2. The largest absolute Gasteiger partial charge is 0.494 e. The van der Waals surface area contributed by atoms with Gasteiger partial charge in [0, 0.05) is 11.5 Å². The number of hydrogen-bond acceptors (Lipinski definition) is 2. The lowest BCUT2D eigenvalue weighted by molar-refractivity contribution is 0.0937. The lowest BCUT2D eigenvalue weighted by atomic mass is 10.0. The highest BCUT2D eigenvalue weighted by Crippen LogP contribution is 2.31. The van der Waals surface area contributed by atoms with Crippen molar-refractivity contribution in [1.82, 2.24) is 0 Å². The number of carbonyl (C=O) groups is 1. The Bertz CT molecular complexity index is 446. The molecule has 0 saturated heterocycles. The molecule has 0 radical (unpaired) electrons. The molecule has 0 spiro atoms. The summed E-state index contributed by atoms with van der Waals surface area (Å²) >= 11 is 0. The third kappa shape index (κ3) is 2.41. The molecule has 2 rings (SSSR count). The number of allylic oxidation sites excluding steroid dienone is 2. The number of fused-ring (bicyclic) bond motifs is 1. The first kappa shape index (κ1) is 11.9.